The van der Waals surface area contributed by atoms with Crippen LogP contribution in [0.25, 0.3) is 10.9 Å². The van der Waals surface area contributed by atoms with Crippen LogP contribution < -0.4 is 4.90 Å². The molecule has 6 heteroatoms. The number of carbonyl (C=O) groups excluding carboxylic acids is 1. The van der Waals surface area contributed by atoms with Crippen molar-refractivity contribution in [3.05, 3.63) is 36.0 Å². The Morgan fingerprint density at radius 1 is 1.17 bits per heavy atom. The first-order valence-electron chi connectivity index (χ1n) is 7.60. The number of rotatable bonds is 2. The van der Waals surface area contributed by atoms with Gasteiger partial charge in [0.05, 0.1) is 11.1 Å². The van der Waals surface area contributed by atoms with Crippen LogP contribution in [-0.2, 0) is 4.79 Å². The molecular weight excluding hydrogens is 294 g/mol. The number of anilines is 1. The van der Waals surface area contributed by atoms with Crippen LogP contribution in [0.2, 0.25) is 0 Å². The van der Waals surface area contributed by atoms with E-state index in [9.17, 15) is 14.7 Å². The molecule has 2 aliphatic rings. The average Bonchev–Trinajstić information content (AvgIpc) is 2.43. The molecule has 1 aromatic carbocycles. The molecule has 0 saturated carbocycles. The lowest BCUT2D eigenvalue weighted by molar-refractivity contribution is -0.142. The molecule has 2 aromatic rings. The molecule has 0 unspecified atom stereocenters. The molecule has 2 fully saturated rings. The van der Waals surface area contributed by atoms with E-state index in [1.165, 1.54) is 12.3 Å². The van der Waals surface area contributed by atoms with Crippen molar-refractivity contribution in [2.75, 3.05) is 31.1 Å². The Labute approximate surface area is 133 Å². The summed E-state index contributed by atoms with van der Waals surface area (Å²) in [6.07, 6.45) is 1.52. The van der Waals surface area contributed by atoms with Crippen molar-refractivity contribution >= 4 is 28.5 Å². The quantitative estimate of drug-likeness (QED) is 0.912. The minimum atomic E-state index is -0.939. The summed E-state index contributed by atoms with van der Waals surface area (Å²) in [5, 5.41) is 9.98. The molecule has 2 saturated heterocycles. The standard InChI is InChI=1S/C17H17N3O3/c1-11(21)19-7-17(8-19)9-20(10-17)12-2-3-15-14(6-12)13(16(22)23)4-5-18-15/h2-6H,7-10H2,1H3,(H,22,23). The maximum absolute atomic E-state index is 11.4. The lowest BCUT2D eigenvalue weighted by atomic mass is 9.72. The van der Waals surface area contributed by atoms with Crippen LogP contribution in [-0.4, -0.2) is 53.0 Å². The van der Waals surface area contributed by atoms with E-state index in [0.29, 0.717) is 10.9 Å². The van der Waals surface area contributed by atoms with Gasteiger partial charge in [0.25, 0.3) is 0 Å². The van der Waals surface area contributed by atoms with E-state index in [2.05, 4.69) is 9.88 Å². The van der Waals surface area contributed by atoms with Gasteiger partial charge in [0, 0.05) is 55.8 Å². The molecule has 118 valence electrons. The lowest BCUT2D eigenvalue weighted by Crippen LogP contribution is -2.72. The number of carboxylic acid groups (broad SMARTS) is 1. The molecule has 1 spiro atoms. The predicted octanol–water partition coefficient (Wildman–Crippen LogP) is 1.60. The van der Waals surface area contributed by atoms with E-state index in [-0.39, 0.29) is 16.9 Å². The van der Waals surface area contributed by atoms with E-state index in [1.807, 2.05) is 23.1 Å². The topological polar surface area (TPSA) is 73.7 Å². The second-order valence-electron chi connectivity index (χ2n) is 6.60. The Kier molecular flexibility index (Phi) is 2.85. The molecule has 1 N–H and O–H groups in total. The van der Waals surface area contributed by atoms with Crippen molar-refractivity contribution in [3.8, 4) is 0 Å². The average molecular weight is 311 g/mol. The Balaban J connectivity index is 1.56. The molecule has 1 amide bonds. The summed E-state index contributed by atoms with van der Waals surface area (Å²) in [6.45, 7) is 5.08. The summed E-state index contributed by atoms with van der Waals surface area (Å²) in [4.78, 5) is 31.0. The number of carboxylic acids is 1. The Morgan fingerprint density at radius 2 is 1.91 bits per heavy atom. The molecule has 3 heterocycles. The van der Waals surface area contributed by atoms with Crippen molar-refractivity contribution in [1.29, 1.82) is 0 Å². The van der Waals surface area contributed by atoms with Gasteiger partial charge in [-0.3, -0.25) is 9.78 Å². The normalized spacial score (nSPS) is 18.7. The van der Waals surface area contributed by atoms with Crippen molar-refractivity contribution < 1.29 is 14.7 Å². The molecular formula is C17H17N3O3. The van der Waals surface area contributed by atoms with Gasteiger partial charge in [0.15, 0.2) is 0 Å². The minimum Gasteiger partial charge on any atom is -0.478 e. The van der Waals surface area contributed by atoms with Crippen LogP contribution in [0.4, 0.5) is 5.69 Å². The van der Waals surface area contributed by atoms with E-state index >= 15 is 0 Å². The number of aromatic carboxylic acids is 1. The van der Waals surface area contributed by atoms with Gasteiger partial charge in [0.2, 0.25) is 5.91 Å². The number of aromatic nitrogens is 1. The van der Waals surface area contributed by atoms with Crippen LogP contribution in [0.15, 0.2) is 30.5 Å². The number of hydrogen-bond donors (Lipinski definition) is 1. The number of benzene rings is 1. The SMILES string of the molecule is CC(=O)N1CC2(C1)CN(c1ccc3nccc(C(=O)O)c3c1)C2. The highest BCUT2D eigenvalue weighted by Crippen LogP contribution is 2.42. The van der Waals surface area contributed by atoms with Crippen LogP contribution in [0.1, 0.15) is 17.3 Å². The summed E-state index contributed by atoms with van der Waals surface area (Å²) in [6, 6.07) is 7.28. The van der Waals surface area contributed by atoms with E-state index in [0.717, 1.165) is 31.9 Å². The zero-order valence-corrected chi connectivity index (χ0v) is 12.8. The largest absolute Gasteiger partial charge is 0.478 e. The summed E-state index contributed by atoms with van der Waals surface area (Å²) in [7, 11) is 0. The van der Waals surface area contributed by atoms with Gasteiger partial charge >= 0.3 is 5.97 Å². The molecule has 2 aliphatic heterocycles. The summed E-state index contributed by atoms with van der Waals surface area (Å²) < 4.78 is 0. The fourth-order valence-electron chi connectivity index (χ4n) is 3.65. The van der Waals surface area contributed by atoms with Gasteiger partial charge in [-0.25, -0.2) is 4.79 Å². The van der Waals surface area contributed by atoms with Gasteiger partial charge in [0.1, 0.15) is 0 Å². The first-order valence-corrected chi connectivity index (χ1v) is 7.60. The van der Waals surface area contributed by atoms with Gasteiger partial charge in [-0.05, 0) is 24.3 Å². The maximum atomic E-state index is 11.4. The summed E-state index contributed by atoms with van der Waals surface area (Å²) in [5.41, 5.74) is 2.21. The third-order valence-corrected chi connectivity index (χ3v) is 4.87. The highest BCUT2D eigenvalue weighted by Gasteiger charge is 2.52. The zero-order chi connectivity index (χ0) is 16.2. The number of amides is 1. The first-order chi connectivity index (χ1) is 11.0. The number of carbonyl (C=O) groups is 2. The molecule has 0 atom stereocenters. The Bertz CT molecular complexity index is 819. The monoisotopic (exact) mass is 311 g/mol. The Hall–Kier alpha value is -2.63. The van der Waals surface area contributed by atoms with Crippen LogP contribution in [0.3, 0.4) is 0 Å². The zero-order valence-electron chi connectivity index (χ0n) is 12.8. The van der Waals surface area contributed by atoms with Gasteiger partial charge in [-0.1, -0.05) is 0 Å². The maximum Gasteiger partial charge on any atom is 0.336 e. The number of hydrogen-bond acceptors (Lipinski definition) is 4. The van der Waals surface area contributed by atoms with Crippen molar-refractivity contribution in [1.82, 2.24) is 9.88 Å². The fraction of sp³-hybridized carbons (Fsp3) is 0.353. The number of fused-ring (bicyclic) bond motifs is 1. The predicted molar refractivity (Wildman–Crippen MR) is 85.6 cm³/mol. The van der Waals surface area contributed by atoms with Crippen LogP contribution >= 0.6 is 0 Å². The minimum absolute atomic E-state index is 0.136. The number of likely N-dealkylation sites (tertiary alicyclic amines) is 1. The second kappa shape index (κ2) is 4.68. The molecule has 23 heavy (non-hydrogen) atoms. The Morgan fingerprint density at radius 3 is 2.57 bits per heavy atom. The smallest absolute Gasteiger partial charge is 0.336 e. The van der Waals surface area contributed by atoms with Gasteiger partial charge in [-0.2, -0.15) is 0 Å². The molecule has 0 radical (unpaired) electrons. The van der Waals surface area contributed by atoms with E-state index in [1.54, 1.807) is 6.92 Å². The van der Waals surface area contributed by atoms with Gasteiger partial charge in [-0.15, -0.1) is 0 Å². The third-order valence-electron chi connectivity index (χ3n) is 4.87. The van der Waals surface area contributed by atoms with E-state index < -0.39 is 5.97 Å². The summed E-state index contributed by atoms with van der Waals surface area (Å²) >= 11 is 0. The van der Waals surface area contributed by atoms with Crippen LogP contribution in [0.5, 0.6) is 0 Å². The molecule has 4 rings (SSSR count). The van der Waals surface area contributed by atoms with E-state index in [4.69, 9.17) is 0 Å². The first kappa shape index (κ1) is 14.0. The van der Waals surface area contributed by atoms with Crippen molar-refractivity contribution in [2.24, 2.45) is 5.41 Å². The second-order valence-corrected chi connectivity index (χ2v) is 6.60. The molecule has 1 aromatic heterocycles. The molecule has 0 bridgehead atoms. The van der Waals surface area contributed by atoms with Crippen molar-refractivity contribution in [3.63, 3.8) is 0 Å². The third kappa shape index (κ3) is 2.13. The molecule has 6 nitrogen and oxygen atoms in total. The van der Waals surface area contributed by atoms with Gasteiger partial charge < -0.3 is 14.9 Å². The highest BCUT2D eigenvalue weighted by molar-refractivity contribution is 6.03. The highest BCUT2D eigenvalue weighted by atomic mass is 16.4. The summed E-state index contributed by atoms with van der Waals surface area (Å²) in [5.74, 6) is -0.803. The van der Waals surface area contributed by atoms with Crippen LogP contribution in [0, 0.1) is 5.41 Å². The lowest BCUT2D eigenvalue weighted by Gasteiger charge is -2.60. The number of nitrogens with zero attached hydrogens (tertiary/aromatic N) is 3. The fourth-order valence-corrected chi connectivity index (χ4v) is 3.65. The number of pyridine rings is 1. The molecule has 0 aliphatic carbocycles. The van der Waals surface area contributed by atoms with Crippen molar-refractivity contribution in [2.45, 2.75) is 6.92 Å².